The first-order valence-corrected chi connectivity index (χ1v) is 13.4. The van der Waals surface area contributed by atoms with Crippen LogP contribution in [0.2, 0.25) is 0 Å². The Morgan fingerprint density at radius 2 is 1.68 bits per heavy atom. The number of sulfonamides is 1. The van der Waals surface area contributed by atoms with Gasteiger partial charge < -0.3 is 10.2 Å². The third-order valence-electron chi connectivity index (χ3n) is 6.16. The van der Waals surface area contributed by atoms with Crippen molar-refractivity contribution in [2.75, 3.05) is 24.2 Å². The van der Waals surface area contributed by atoms with Crippen LogP contribution in [0.5, 0.6) is 0 Å². The highest BCUT2D eigenvalue weighted by atomic mass is 32.2. The summed E-state index contributed by atoms with van der Waals surface area (Å²) in [6, 6.07) is 12.7. The van der Waals surface area contributed by atoms with Crippen molar-refractivity contribution in [3.63, 3.8) is 0 Å². The van der Waals surface area contributed by atoms with Gasteiger partial charge >= 0.3 is 0 Å². The summed E-state index contributed by atoms with van der Waals surface area (Å²) in [5.74, 6) is -0.385. The SMILES string of the molecule is CC[C@H](C(=O)NC)N(Cc1ccccc1C)C(=O)CCCN(c1ccc(C)c(C)c1)S(C)(=O)=O. The molecule has 186 valence electrons. The molecule has 1 atom stereocenters. The number of likely N-dealkylation sites (N-methyl/N-ethyl adjacent to an activating group) is 1. The molecule has 0 aromatic heterocycles. The van der Waals surface area contributed by atoms with Gasteiger partial charge in [0.15, 0.2) is 0 Å². The van der Waals surface area contributed by atoms with Crippen molar-refractivity contribution in [1.82, 2.24) is 10.2 Å². The lowest BCUT2D eigenvalue weighted by molar-refractivity contribution is -0.141. The number of benzene rings is 2. The summed E-state index contributed by atoms with van der Waals surface area (Å²) in [6.45, 7) is 8.28. The van der Waals surface area contributed by atoms with Crippen LogP contribution >= 0.6 is 0 Å². The van der Waals surface area contributed by atoms with Gasteiger partial charge in [0.2, 0.25) is 21.8 Å². The first-order valence-electron chi connectivity index (χ1n) is 11.6. The van der Waals surface area contributed by atoms with Crippen LogP contribution in [0.25, 0.3) is 0 Å². The van der Waals surface area contributed by atoms with Crippen molar-refractivity contribution < 1.29 is 18.0 Å². The molecule has 0 fully saturated rings. The average molecular weight is 488 g/mol. The number of rotatable bonds is 11. The number of hydrogen-bond donors (Lipinski definition) is 1. The van der Waals surface area contributed by atoms with Crippen molar-refractivity contribution in [2.24, 2.45) is 0 Å². The number of carbonyl (C=O) groups excluding carboxylic acids is 2. The summed E-state index contributed by atoms with van der Waals surface area (Å²) in [5, 5.41) is 2.66. The molecule has 2 aromatic rings. The van der Waals surface area contributed by atoms with Gasteiger partial charge in [-0.25, -0.2) is 8.42 Å². The van der Waals surface area contributed by atoms with Crippen LogP contribution < -0.4 is 9.62 Å². The molecule has 2 rings (SSSR count). The lowest BCUT2D eigenvalue weighted by atomic mass is 10.1. The summed E-state index contributed by atoms with van der Waals surface area (Å²) in [5.41, 5.74) is 4.70. The van der Waals surface area contributed by atoms with Gasteiger partial charge in [-0.05, 0) is 68.0 Å². The Kier molecular flexibility index (Phi) is 9.67. The second-order valence-electron chi connectivity index (χ2n) is 8.69. The van der Waals surface area contributed by atoms with Gasteiger partial charge in [0.05, 0.1) is 11.9 Å². The first kappa shape index (κ1) is 27.4. The fourth-order valence-corrected chi connectivity index (χ4v) is 4.90. The zero-order valence-electron chi connectivity index (χ0n) is 21.1. The van der Waals surface area contributed by atoms with Crippen molar-refractivity contribution in [2.45, 2.75) is 59.5 Å². The van der Waals surface area contributed by atoms with E-state index in [0.29, 0.717) is 25.1 Å². The van der Waals surface area contributed by atoms with Gasteiger partial charge in [-0.3, -0.25) is 13.9 Å². The third-order valence-corrected chi connectivity index (χ3v) is 7.36. The van der Waals surface area contributed by atoms with Crippen LogP contribution in [-0.2, 0) is 26.2 Å². The highest BCUT2D eigenvalue weighted by molar-refractivity contribution is 7.92. The molecule has 0 bridgehead atoms. The van der Waals surface area contributed by atoms with E-state index in [0.717, 1.165) is 22.3 Å². The zero-order chi connectivity index (χ0) is 25.5. The normalized spacial score (nSPS) is 12.2. The van der Waals surface area contributed by atoms with Crippen molar-refractivity contribution in [3.8, 4) is 0 Å². The molecule has 2 aromatic carbocycles. The van der Waals surface area contributed by atoms with E-state index < -0.39 is 16.1 Å². The molecule has 0 unspecified atom stereocenters. The fraction of sp³-hybridized carbons (Fsp3) is 0.462. The molecule has 0 aliphatic carbocycles. The summed E-state index contributed by atoms with van der Waals surface area (Å²) in [7, 11) is -1.95. The van der Waals surface area contributed by atoms with E-state index in [2.05, 4.69) is 5.32 Å². The van der Waals surface area contributed by atoms with Crippen LogP contribution in [0.15, 0.2) is 42.5 Å². The number of nitrogens with zero attached hydrogens (tertiary/aromatic N) is 2. The maximum atomic E-state index is 13.3. The number of anilines is 1. The predicted molar refractivity (Wildman–Crippen MR) is 137 cm³/mol. The monoisotopic (exact) mass is 487 g/mol. The van der Waals surface area contributed by atoms with Crippen LogP contribution in [0.1, 0.15) is 48.4 Å². The quantitative estimate of drug-likeness (QED) is 0.523. The van der Waals surface area contributed by atoms with E-state index in [-0.39, 0.29) is 24.8 Å². The molecule has 0 aliphatic rings. The van der Waals surface area contributed by atoms with Crippen LogP contribution in [-0.4, -0.2) is 51.0 Å². The highest BCUT2D eigenvalue weighted by Crippen LogP contribution is 2.22. The van der Waals surface area contributed by atoms with Crippen molar-refractivity contribution >= 4 is 27.5 Å². The summed E-state index contributed by atoms with van der Waals surface area (Å²) >= 11 is 0. The predicted octanol–water partition coefficient (Wildman–Crippen LogP) is 3.71. The zero-order valence-corrected chi connectivity index (χ0v) is 21.9. The average Bonchev–Trinajstić information content (AvgIpc) is 2.78. The number of carbonyl (C=O) groups is 2. The molecule has 7 nitrogen and oxygen atoms in total. The van der Waals surface area contributed by atoms with E-state index in [4.69, 9.17) is 0 Å². The molecule has 0 saturated heterocycles. The molecule has 0 radical (unpaired) electrons. The molecule has 0 aliphatic heterocycles. The molecular formula is C26H37N3O4S. The van der Waals surface area contributed by atoms with Gasteiger partial charge in [0.1, 0.15) is 6.04 Å². The minimum atomic E-state index is -3.51. The third kappa shape index (κ3) is 7.06. The number of amides is 2. The van der Waals surface area contributed by atoms with Crippen LogP contribution in [0, 0.1) is 20.8 Å². The van der Waals surface area contributed by atoms with Gasteiger partial charge in [0, 0.05) is 26.6 Å². The number of nitrogens with one attached hydrogen (secondary N) is 1. The topological polar surface area (TPSA) is 86.8 Å². The molecule has 0 saturated carbocycles. The number of aryl methyl sites for hydroxylation is 3. The Labute approximate surface area is 204 Å². The van der Waals surface area contributed by atoms with Crippen molar-refractivity contribution in [3.05, 3.63) is 64.7 Å². The maximum absolute atomic E-state index is 13.3. The summed E-state index contributed by atoms with van der Waals surface area (Å²) in [6.07, 6.45) is 2.13. The Balaban J connectivity index is 2.21. The second-order valence-corrected chi connectivity index (χ2v) is 10.6. The van der Waals surface area contributed by atoms with E-state index in [1.165, 1.54) is 10.6 Å². The molecule has 34 heavy (non-hydrogen) atoms. The maximum Gasteiger partial charge on any atom is 0.242 e. The van der Waals surface area contributed by atoms with Crippen LogP contribution in [0.4, 0.5) is 5.69 Å². The lowest BCUT2D eigenvalue weighted by Gasteiger charge is -2.31. The minimum absolute atomic E-state index is 0.135. The van der Waals surface area contributed by atoms with Crippen molar-refractivity contribution in [1.29, 1.82) is 0 Å². The minimum Gasteiger partial charge on any atom is -0.357 e. The van der Waals surface area contributed by atoms with Gasteiger partial charge in [-0.2, -0.15) is 0 Å². The largest absolute Gasteiger partial charge is 0.357 e. The summed E-state index contributed by atoms with van der Waals surface area (Å²) in [4.78, 5) is 27.5. The fourth-order valence-electron chi connectivity index (χ4n) is 3.94. The molecular weight excluding hydrogens is 450 g/mol. The molecule has 2 amide bonds. The lowest BCUT2D eigenvalue weighted by Crippen LogP contribution is -2.48. The smallest absolute Gasteiger partial charge is 0.242 e. The Morgan fingerprint density at radius 3 is 2.24 bits per heavy atom. The Morgan fingerprint density at radius 1 is 1.00 bits per heavy atom. The van der Waals surface area contributed by atoms with E-state index in [9.17, 15) is 18.0 Å². The van der Waals surface area contributed by atoms with E-state index in [1.807, 2.05) is 64.1 Å². The van der Waals surface area contributed by atoms with Crippen LogP contribution in [0.3, 0.4) is 0 Å². The Hall–Kier alpha value is -2.87. The molecule has 0 heterocycles. The summed E-state index contributed by atoms with van der Waals surface area (Å²) < 4.78 is 26.3. The Bertz CT molecular complexity index is 1110. The van der Waals surface area contributed by atoms with E-state index in [1.54, 1.807) is 18.0 Å². The second kappa shape index (κ2) is 12.0. The first-order chi connectivity index (χ1) is 16.0. The van der Waals surface area contributed by atoms with E-state index >= 15 is 0 Å². The highest BCUT2D eigenvalue weighted by Gasteiger charge is 2.28. The molecule has 0 spiro atoms. The standard InChI is InChI=1S/C26H37N3O4S/c1-7-24(26(31)27-5)28(18-22-12-9-8-11-20(22)3)25(30)13-10-16-29(34(6,32)33)23-15-14-19(2)21(4)17-23/h8-9,11-12,14-15,17,24H,7,10,13,16,18H2,1-6H3,(H,27,31)/t24-/m1/s1. The number of hydrogen-bond acceptors (Lipinski definition) is 4. The molecule has 8 heteroatoms. The van der Waals surface area contributed by atoms with Gasteiger partial charge in [-0.1, -0.05) is 37.3 Å². The van der Waals surface area contributed by atoms with Gasteiger partial charge in [0.25, 0.3) is 0 Å². The molecule has 1 N–H and O–H groups in total. The van der Waals surface area contributed by atoms with Gasteiger partial charge in [-0.15, -0.1) is 0 Å².